The van der Waals surface area contributed by atoms with Gasteiger partial charge in [-0.15, -0.1) is 0 Å². The molecule has 9 heteroatoms. The normalized spacial score (nSPS) is 16.3. The smallest absolute Gasteiger partial charge is 0.266 e. The van der Waals surface area contributed by atoms with Crippen LogP contribution in [0.25, 0.3) is 6.08 Å². The third-order valence-corrected chi connectivity index (χ3v) is 6.04. The number of amides is 1. The van der Waals surface area contributed by atoms with E-state index in [1.807, 2.05) is 0 Å². The van der Waals surface area contributed by atoms with Gasteiger partial charge in [0, 0.05) is 0 Å². The summed E-state index contributed by atoms with van der Waals surface area (Å²) in [6.45, 7) is 0. The molecule has 0 atom stereocenters. The van der Waals surface area contributed by atoms with Crippen LogP contribution in [0, 0.1) is 0 Å². The lowest BCUT2D eigenvalue weighted by atomic mass is 10.2. The number of hydrazone groups is 1. The van der Waals surface area contributed by atoms with Crippen LogP contribution in [-0.2, 0) is 4.79 Å². The van der Waals surface area contributed by atoms with Gasteiger partial charge in [0.05, 0.1) is 31.2 Å². The first-order valence-electron chi connectivity index (χ1n) is 7.07. The molecule has 1 amide bonds. The molecule has 132 valence electrons. The van der Waals surface area contributed by atoms with E-state index >= 15 is 0 Å². The number of thioether (sulfide) groups is 1. The van der Waals surface area contributed by atoms with Crippen molar-refractivity contribution in [2.75, 3.05) is 0 Å². The van der Waals surface area contributed by atoms with Crippen molar-refractivity contribution in [2.45, 2.75) is 0 Å². The highest BCUT2D eigenvalue weighted by Crippen LogP contribution is 2.34. The third-order valence-electron chi connectivity index (χ3n) is 3.28. The van der Waals surface area contributed by atoms with Crippen molar-refractivity contribution in [3.05, 3.63) is 72.5 Å². The summed E-state index contributed by atoms with van der Waals surface area (Å²) in [5.74, 6) is -0.317. The maximum absolute atomic E-state index is 12.5. The number of carbonyl (C=O) groups excluding carboxylic acids is 1. The molecule has 1 aliphatic rings. The van der Waals surface area contributed by atoms with E-state index in [1.165, 1.54) is 6.21 Å². The summed E-state index contributed by atoms with van der Waals surface area (Å²) < 4.78 is 0.331. The SMILES string of the molecule is O=C1/C(=C/c2ccc(Cl)c(Cl)c2)SC(=S)N1N=Cc1ccc(Cl)c(Cl)c1. The summed E-state index contributed by atoms with van der Waals surface area (Å²) in [4.78, 5) is 13.0. The number of benzene rings is 2. The Morgan fingerprint density at radius 2 is 1.50 bits per heavy atom. The number of thiocarbonyl (C=S) groups is 1. The minimum atomic E-state index is -0.317. The van der Waals surface area contributed by atoms with Crippen LogP contribution in [-0.4, -0.2) is 21.5 Å². The molecule has 0 radical (unpaired) electrons. The van der Waals surface area contributed by atoms with Crippen molar-refractivity contribution >= 4 is 92.9 Å². The zero-order valence-corrected chi connectivity index (χ0v) is 17.4. The van der Waals surface area contributed by atoms with E-state index in [-0.39, 0.29) is 5.91 Å². The Morgan fingerprint density at radius 3 is 2.12 bits per heavy atom. The van der Waals surface area contributed by atoms with Gasteiger partial charge in [0.25, 0.3) is 5.91 Å². The van der Waals surface area contributed by atoms with Crippen LogP contribution in [0.1, 0.15) is 11.1 Å². The molecule has 1 heterocycles. The highest BCUT2D eigenvalue weighted by molar-refractivity contribution is 8.26. The second-order valence-electron chi connectivity index (χ2n) is 5.09. The summed E-state index contributed by atoms with van der Waals surface area (Å²) in [6, 6.07) is 10.1. The Bertz CT molecular complexity index is 975. The highest BCUT2D eigenvalue weighted by atomic mass is 35.5. The van der Waals surface area contributed by atoms with Crippen molar-refractivity contribution in [1.82, 2.24) is 5.01 Å². The van der Waals surface area contributed by atoms with Crippen molar-refractivity contribution in [3.8, 4) is 0 Å². The fourth-order valence-corrected chi connectivity index (χ4v) is 3.82. The monoisotopic (exact) mass is 460 g/mol. The lowest BCUT2D eigenvalue weighted by Gasteiger charge is -2.06. The molecule has 0 unspecified atom stereocenters. The van der Waals surface area contributed by atoms with E-state index in [1.54, 1.807) is 42.5 Å². The minimum absolute atomic E-state index is 0.317. The molecular weight excluding hydrogens is 454 g/mol. The molecule has 1 aliphatic heterocycles. The second-order valence-corrected chi connectivity index (χ2v) is 8.39. The highest BCUT2D eigenvalue weighted by Gasteiger charge is 2.32. The van der Waals surface area contributed by atoms with Gasteiger partial charge in [-0.2, -0.15) is 10.1 Å². The van der Waals surface area contributed by atoms with Crippen LogP contribution < -0.4 is 0 Å². The van der Waals surface area contributed by atoms with Crippen molar-refractivity contribution in [1.29, 1.82) is 0 Å². The lowest BCUT2D eigenvalue weighted by molar-refractivity contribution is -0.122. The maximum atomic E-state index is 12.5. The predicted molar refractivity (Wildman–Crippen MR) is 116 cm³/mol. The quantitative estimate of drug-likeness (QED) is 0.295. The van der Waals surface area contributed by atoms with Crippen molar-refractivity contribution in [2.24, 2.45) is 5.10 Å². The summed E-state index contributed by atoms with van der Waals surface area (Å²) in [7, 11) is 0. The molecule has 26 heavy (non-hydrogen) atoms. The van der Waals surface area contributed by atoms with Gasteiger partial charge in [0.15, 0.2) is 4.32 Å². The standard InChI is InChI=1S/C17H8Cl4N2OS2/c18-11-3-1-9(5-13(11)20)7-15-16(24)23(17(25)26-15)22-8-10-2-4-12(19)14(21)6-10/h1-8H/b15-7-,22-8?. The van der Waals surface area contributed by atoms with E-state index in [9.17, 15) is 4.79 Å². The van der Waals surface area contributed by atoms with Gasteiger partial charge >= 0.3 is 0 Å². The van der Waals surface area contributed by atoms with Crippen LogP contribution in [0.3, 0.4) is 0 Å². The molecule has 3 rings (SSSR count). The van der Waals surface area contributed by atoms with E-state index in [0.717, 1.165) is 22.3 Å². The van der Waals surface area contributed by atoms with E-state index in [0.29, 0.717) is 34.9 Å². The third kappa shape index (κ3) is 4.42. The molecule has 0 bridgehead atoms. The predicted octanol–water partition coefficient (Wildman–Crippen LogP) is 6.54. The van der Waals surface area contributed by atoms with Gasteiger partial charge in [-0.25, -0.2) is 0 Å². The number of hydrogen-bond acceptors (Lipinski definition) is 4. The Labute approximate surface area is 179 Å². The van der Waals surface area contributed by atoms with Gasteiger partial charge in [-0.05, 0) is 53.7 Å². The Hall–Kier alpha value is -1.08. The largest absolute Gasteiger partial charge is 0.286 e. The molecule has 1 saturated heterocycles. The number of rotatable bonds is 3. The van der Waals surface area contributed by atoms with Gasteiger partial charge < -0.3 is 0 Å². The summed E-state index contributed by atoms with van der Waals surface area (Å²) in [5, 5.41) is 7.02. The maximum Gasteiger partial charge on any atom is 0.286 e. The Balaban J connectivity index is 1.82. The van der Waals surface area contributed by atoms with Crippen LogP contribution in [0.5, 0.6) is 0 Å². The molecular formula is C17H8Cl4N2OS2. The molecule has 1 fully saturated rings. The topological polar surface area (TPSA) is 32.7 Å². The minimum Gasteiger partial charge on any atom is -0.266 e. The fourth-order valence-electron chi connectivity index (χ4n) is 2.03. The summed E-state index contributed by atoms with van der Waals surface area (Å²) >= 11 is 30.2. The summed E-state index contributed by atoms with van der Waals surface area (Å²) in [6.07, 6.45) is 3.19. The second kappa shape index (κ2) is 8.30. The van der Waals surface area contributed by atoms with Gasteiger partial charge in [-0.1, -0.05) is 70.3 Å². The Morgan fingerprint density at radius 1 is 0.923 bits per heavy atom. The van der Waals surface area contributed by atoms with Crippen molar-refractivity contribution in [3.63, 3.8) is 0 Å². The van der Waals surface area contributed by atoms with Crippen molar-refractivity contribution < 1.29 is 4.79 Å². The van der Waals surface area contributed by atoms with Gasteiger partial charge in [-0.3, -0.25) is 4.79 Å². The molecule has 0 spiro atoms. The number of hydrogen-bond donors (Lipinski definition) is 0. The van der Waals surface area contributed by atoms with Crippen LogP contribution in [0.4, 0.5) is 0 Å². The van der Waals surface area contributed by atoms with E-state index < -0.39 is 0 Å². The average molecular weight is 462 g/mol. The zero-order chi connectivity index (χ0) is 18.8. The Kier molecular flexibility index (Phi) is 6.28. The van der Waals surface area contributed by atoms with Crippen LogP contribution >= 0.6 is 70.4 Å². The van der Waals surface area contributed by atoms with E-state index in [2.05, 4.69) is 5.10 Å². The molecule has 0 aliphatic carbocycles. The fraction of sp³-hybridized carbons (Fsp3) is 0. The molecule has 0 aromatic heterocycles. The zero-order valence-electron chi connectivity index (χ0n) is 12.7. The average Bonchev–Trinajstić information content (AvgIpc) is 2.86. The first kappa shape index (κ1) is 19.7. The number of nitrogens with zero attached hydrogens (tertiary/aromatic N) is 2. The van der Waals surface area contributed by atoms with Gasteiger partial charge in [0.1, 0.15) is 0 Å². The first-order valence-corrected chi connectivity index (χ1v) is 9.81. The molecule has 3 nitrogen and oxygen atoms in total. The lowest BCUT2D eigenvalue weighted by Crippen LogP contribution is -2.22. The molecule has 0 saturated carbocycles. The number of halogens is 4. The van der Waals surface area contributed by atoms with Gasteiger partial charge in [0.2, 0.25) is 0 Å². The van der Waals surface area contributed by atoms with E-state index in [4.69, 9.17) is 58.6 Å². The van der Waals surface area contributed by atoms with Crippen LogP contribution in [0.15, 0.2) is 46.4 Å². The summed E-state index contributed by atoms with van der Waals surface area (Å²) in [5.41, 5.74) is 1.44. The molecule has 2 aromatic rings. The molecule has 0 N–H and O–H groups in total. The van der Waals surface area contributed by atoms with Crippen LogP contribution in [0.2, 0.25) is 20.1 Å². The first-order chi connectivity index (χ1) is 12.3. The molecule has 2 aromatic carbocycles. The number of carbonyl (C=O) groups is 1.